The van der Waals surface area contributed by atoms with Crippen molar-refractivity contribution < 1.29 is 24.2 Å². The maximum atomic E-state index is 12.9. The lowest BCUT2D eigenvalue weighted by Gasteiger charge is -2.14. The van der Waals surface area contributed by atoms with Crippen molar-refractivity contribution in [3.63, 3.8) is 0 Å². The van der Waals surface area contributed by atoms with E-state index in [0.717, 1.165) is 5.56 Å². The quantitative estimate of drug-likeness (QED) is 0.279. The van der Waals surface area contributed by atoms with E-state index in [1.165, 1.54) is 35.9 Å². The van der Waals surface area contributed by atoms with E-state index >= 15 is 0 Å². The van der Waals surface area contributed by atoms with Gasteiger partial charge in [0, 0.05) is 27.1 Å². The summed E-state index contributed by atoms with van der Waals surface area (Å²) in [4.78, 5) is 30.5. The predicted molar refractivity (Wildman–Crippen MR) is 150 cm³/mol. The zero-order chi connectivity index (χ0) is 26.7. The Labute approximate surface area is 235 Å². The van der Waals surface area contributed by atoms with Crippen LogP contribution in [0.5, 0.6) is 11.5 Å². The van der Waals surface area contributed by atoms with E-state index in [2.05, 4.69) is 20.9 Å². The number of hydrogen-bond donors (Lipinski definition) is 1. The van der Waals surface area contributed by atoms with E-state index in [-0.39, 0.29) is 18.1 Å². The van der Waals surface area contributed by atoms with Gasteiger partial charge in [0.2, 0.25) is 0 Å². The summed E-state index contributed by atoms with van der Waals surface area (Å²) in [5, 5.41) is 10.7. The molecule has 0 atom stereocenters. The molecular weight excluding hydrogens is 603 g/mol. The summed E-state index contributed by atoms with van der Waals surface area (Å²) in [6.07, 6.45) is 1.73. The number of amidine groups is 1. The molecule has 1 amide bonds. The topological polar surface area (TPSA) is 88.4 Å². The fraction of sp³-hybridized carbons (Fsp3) is 0.115. The third-order valence-electron chi connectivity index (χ3n) is 5.29. The van der Waals surface area contributed by atoms with Crippen molar-refractivity contribution in [3.8, 4) is 11.5 Å². The molecule has 0 radical (unpaired) electrons. The van der Waals surface area contributed by atoms with Crippen LogP contribution in [0.3, 0.4) is 0 Å². The fourth-order valence-corrected chi connectivity index (χ4v) is 5.22. The van der Waals surface area contributed by atoms with Gasteiger partial charge in [-0.05, 0) is 65.9 Å². The number of methoxy groups -OCH3 is 1. The highest BCUT2D eigenvalue weighted by Crippen LogP contribution is 2.39. The van der Waals surface area contributed by atoms with Crippen LogP contribution < -0.4 is 9.47 Å². The maximum absolute atomic E-state index is 12.9. The number of rotatable bonds is 7. The Hall–Kier alpha value is -2.98. The van der Waals surface area contributed by atoms with Crippen LogP contribution in [-0.4, -0.2) is 41.2 Å². The van der Waals surface area contributed by atoms with Crippen LogP contribution >= 0.6 is 50.9 Å². The van der Waals surface area contributed by atoms with Gasteiger partial charge in [0.15, 0.2) is 16.7 Å². The van der Waals surface area contributed by atoms with Gasteiger partial charge in [-0.15, -0.1) is 0 Å². The molecule has 1 heterocycles. The van der Waals surface area contributed by atoms with Gasteiger partial charge in [-0.25, -0.2) is 9.79 Å². The van der Waals surface area contributed by atoms with E-state index in [4.69, 9.17) is 32.7 Å². The highest BCUT2D eigenvalue weighted by Gasteiger charge is 2.30. The Morgan fingerprint density at radius 3 is 2.65 bits per heavy atom. The van der Waals surface area contributed by atoms with Crippen LogP contribution in [0.2, 0.25) is 10.0 Å². The summed E-state index contributed by atoms with van der Waals surface area (Å²) in [6.45, 7) is 0.210. The normalized spacial score (nSPS) is 15.5. The zero-order valence-electron chi connectivity index (χ0n) is 19.5. The summed E-state index contributed by atoms with van der Waals surface area (Å²) in [6, 6.07) is 14.9. The number of likely N-dealkylation sites (N-methyl/N-ethyl adjacent to an activating group) is 1. The number of aromatic carboxylic acids is 1. The number of carboxylic acids is 1. The third-order valence-corrected chi connectivity index (χ3v) is 7.62. The van der Waals surface area contributed by atoms with Crippen molar-refractivity contribution in [1.82, 2.24) is 4.90 Å². The molecule has 0 aromatic heterocycles. The highest BCUT2D eigenvalue weighted by molar-refractivity contribution is 9.10. The number of halogens is 3. The molecule has 1 aliphatic rings. The lowest BCUT2D eigenvalue weighted by Crippen LogP contribution is -2.23. The van der Waals surface area contributed by atoms with Crippen LogP contribution in [-0.2, 0) is 11.4 Å². The fourth-order valence-electron chi connectivity index (χ4n) is 3.34. The van der Waals surface area contributed by atoms with Crippen molar-refractivity contribution >= 4 is 79.7 Å². The number of carbonyl (C=O) groups is 2. The Bertz CT molecular complexity index is 1460. The standard InChI is InChI=1S/C26H19BrCl2N2O5S/c1-31-24(32)23(37-26(31)30-18-5-3-4-14(8-18)25(33)34)10-16-9-21(35-2)22(12-19(16)27)36-13-15-6-7-17(28)11-20(15)29/h3-12H,13H2,1-2H3,(H,33,34). The highest BCUT2D eigenvalue weighted by atomic mass is 79.9. The second kappa shape index (κ2) is 11.6. The van der Waals surface area contributed by atoms with Crippen molar-refractivity contribution in [2.75, 3.05) is 14.2 Å². The number of amides is 1. The minimum atomic E-state index is -1.05. The van der Waals surface area contributed by atoms with Crippen LogP contribution in [0, 0.1) is 0 Å². The molecule has 0 aliphatic carbocycles. The molecule has 1 aliphatic heterocycles. The number of aliphatic imine (C=N–C) groups is 1. The first-order valence-electron chi connectivity index (χ1n) is 10.7. The molecule has 1 saturated heterocycles. The molecule has 1 fully saturated rings. The van der Waals surface area contributed by atoms with E-state index < -0.39 is 5.97 Å². The average Bonchev–Trinajstić information content (AvgIpc) is 3.12. The van der Waals surface area contributed by atoms with Crippen LogP contribution in [0.25, 0.3) is 6.08 Å². The lowest BCUT2D eigenvalue weighted by atomic mass is 10.1. The van der Waals surface area contributed by atoms with Gasteiger partial charge in [-0.3, -0.25) is 9.69 Å². The summed E-state index contributed by atoms with van der Waals surface area (Å²) in [5.74, 6) is -0.315. The largest absolute Gasteiger partial charge is 0.493 e. The summed E-state index contributed by atoms with van der Waals surface area (Å²) >= 11 is 16.9. The molecule has 0 spiro atoms. The lowest BCUT2D eigenvalue weighted by molar-refractivity contribution is -0.121. The van der Waals surface area contributed by atoms with Crippen molar-refractivity contribution in [2.45, 2.75) is 6.61 Å². The SMILES string of the molecule is COc1cc(C=C2SC(=Nc3cccc(C(=O)O)c3)N(C)C2=O)c(Br)cc1OCc1ccc(Cl)cc1Cl. The second-order valence-corrected chi connectivity index (χ2v) is 10.5. The number of thioether (sulfide) groups is 1. The Balaban J connectivity index is 1.58. The first-order chi connectivity index (χ1) is 17.7. The van der Waals surface area contributed by atoms with E-state index in [0.29, 0.717) is 47.3 Å². The number of carbonyl (C=O) groups excluding carboxylic acids is 1. The minimum absolute atomic E-state index is 0.117. The average molecular weight is 622 g/mol. The molecule has 0 bridgehead atoms. The number of hydrogen-bond acceptors (Lipinski definition) is 6. The summed E-state index contributed by atoms with van der Waals surface area (Å²) < 4.78 is 12.2. The number of nitrogens with zero attached hydrogens (tertiary/aromatic N) is 2. The first kappa shape index (κ1) is 27.1. The van der Waals surface area contributed by atoms with Gasteiger partial charge < -0.3 is 14.6 Å². The van der Waals surface area contributed by atoms with Gasteiger partial charge in [0.25, 0.3) is 5.91 Å². The molecule has 7 nitrogen and oxygen atoms in total. The summed E-state index contributed by atoms with van der Waals surface area (Å²) in [7, 11) is 3.14. The molecule has 1 N–H and O–H groups in total. The zero-order valence-corrected chi connectivity index (χ0v) is 23.4. The van der Waals surface area contributed by atoms with Gasteiger partial charge in [0.05, 0.1) is 23.3 Å². The maximum Gasteiger partial charge on any atom is 0.335 e. The Kier molecular flexibility index (Phi) is 8.49. The molecule has 11 heteroatoms. The van der Waals surface area contributed by atoms with Gasteiger partial charge >= 0.3 is 5.97 Å². The number of carboxylic acid groups (broad SMARTS) is 1. The molecule has 0 unspecified atom stereocenters. The molecular formula is C26H19BrCl2N2O5S. The minimum Gasteiger partial charge on any atom is -0.493 e. The molecule has 37 heavy (non-hydrogen) atoms. The molecule has 3 aromatic carbocycles. The van der Waals surface area contributed by atoms with Crippen LogP contribution in [0.15, 0.2) is 69.0 Å². The van der Waals surface area contributed by atoms with Gasteiger partial charge in [0.1, 0.15) is 6.61 Å². The first-order valence-corrected chi connectivity index (χ1v) is 13.1. The van der Waals surface area contributed by atoms with E-state index in [1.807, 2.05) is 0 Å². The predicted octanol–water partition coefficient (Wildman–Crippen LogP) is 7.28. The van der Waals surface area contributed by atoms with E-state index in [9.17, 15) is 14.7 Å². The Morgan fingerprint density at radius 2 is 1.95 bits per heavy atom. The number of ether oxygens (including phenoxy) is 2. The third kappa shape index (κ3) is 6.30. The monoisotopic (exact) mass is 620 g/mol. The molecule has 4 rings (SSSR count). The van der Waals surface area contributed by atoms with Crippen LogP contribution in [0.1, 0.15) is 21.5 Å². The number of benzene rings is 3. The van der Waals surface area contributed by atoms with Gasteiger partial charge in [-0.1, -0.05) is 51.3 Å². The van der Waals surface area contributed by atoms with Gasteiger partial charge in [-0.2, -0.15) is 0 Å². The summed E-state index contributed by atoms with van der Waals surface area (Å²) in [5.41, 5.74) is 2.03. The Morgan fingerprint density at radius 1 is 1.16 bits per heavy atom. The van der Waals surface area contributed by atoms with E-state index in [1.54, 1.807) is 55.6 Å². The second-order valence-electron chi connectivity index (χ2n) is 7.77. The molecule has 3 aromatic rings. The van der Waals surface area contributed by atoms with Crippen molar-refractivity contribution in [3.05, 3.63) is 90.7 Å². The van der Waals surface area contributed by atoms with Crippen LogP contribution in [0.4, 0.5) is 5.69 Å². The smallest absolute Gasteiger partial charge is 0.335 e. The van der Waals surface area contributed by atoms with Crippen molar-refractivity contribution in [1.29, 1.82) is 0 Å². The molecule has 190 valence electrons. The molecule has 0 saturated carbocycles. The van der Waals surface area contributed by atoms with Crippen molar-refractivity contribution in [2.24, 2.45) is 4.99 Å².